The third-order valence-corrected chi connectivity index (χ3v) is 4.57. The molecule has 0 heterocycles. The van der Waals surface area contributed by atoms with Crippen molar-refractivity contribution in [1.29, 1.82) is 5.26 Å². The Morgan fingerprint density at radius 3 is 2.00 bits per heavy atom. The van der Waals surface area contributed by atoms with Gasteiger partial charge in [-0.3, -0.25) is 0 Å². The summed E-state index contributed by atoms with van der Waals surface area (Å²) in [4.78, 5) is 0. The second-order valence-corrected chi connectivity index (χ2v) is 5.44. The lowest BCUT2D eigenvalue weighted by molar-refractivity contribution is 0.602. The van der Waals surface area contributed by atoms with Gasteiger partial charge in [-0.15, -0.1) is 0 Å². The molecule has 1 unspecified atom stereocenters. The third-order valence-electron chi connectivity index (χ3n) is 3.61. The molecule has 1 atom stereocenters. The van der Waals surface area contributed by atoms with Crippen LogP contribution in [0.25, 0.3) is 0 Å². The molecular weight excluding hydrogens is 322 g/mol. The van der Waals surface area contributed by atoms with E-state index in [2.05, 4.69) is 33.8 Å². The second-order valence-electron chi connectivity index (χ2n) is 4.87. The molecule has 1 nitrogen and oxygen atoms in total. The molecule has 0 saturated heterocycles. The van der Waals surface area contributed by atoms with Gasteiger partial charge in [0.05, 0.1) is 11.5 Å². The van der Waals surface area contributed by atoms with Crippen LogP contribution in [0.3, 0.4) is 0 Å². The molecule has 0 amide bonds. The van der Waals surface area contributed by atoms with Gasteiger partial charge >= 0.3 is 0 Å². The zero-order valence-corrected chi connectivity index (χ0v) is 13.5. The molecule has 0 fully saturated rings. The fourth-order valence-electron chi connectivity index (χ4n) is 2.09. The summed E-state index contributed by atoms with van der Waals surface area (Å²) in [6.45, 7) is 2.04. The Kier molecular flexibility index (Phi) is 5.20. The highest BCUT2D eigenvalue weighted by Gasteiger charge is 2.28. The van der Waals surface area contributed by atoms with Crippen molar-refractivity contribution < 1.29 is 0 Å². The summed E-state index contributed by atoms with van der Waals surface area (Å²) in [5, 5.41) is 10.1. The second kappa shape index (κ2) is 7.11. The molecule has 21 heavy (non-hydrogen) atoms. The van der Waals surface area contributed by atoms with Crippen LogP contribution in [0.2, 0.25) is 0 Å². The number of halogens is 1. The van der Waals surface area contributed by atoms with E-state index in [1.165, 1.54) is 0 Å². The summed E-state index contributed by atoms with van der Waals surface area (Å²) in [5.41, 5.74) is 2.54. The van der Waals surface area contributed by atoms with Gasteiger partial charge in [0.25, 0.3) is 0 Å². The van der Waals surface area contributed by atoms with Crippen LogP contribution in [0.1, 0.15) is 30.0 Å². The van der Waals surface area contributed by atoms with Gasteiger partial charge in [-0.1, -0.05) is 65.0 Å². The molecule has 2 aromatic rings. The van der Waals surface area contributed by atoms with Crippen LogP contribution in [0.15, 0.2) is 54.6 Å². The number of hydrogen-bond donors (Lipinski definition) is 0. The molecule has 104 valence electrons. The maximum atomic E-state index is 9.44. The normalized spacial score (nSPS) is 12.6. The Morgan fingerprint density at radius 2 is 1.52 bits per heavy atom. The molecule has 0 N–H and O–H groups in total. The van der Waals surface area contributed by atoms with Crippen molar-refractivity contribution in [1.82, 2.24) is 0 Å². The van der Waals surface area contributed by atoms with E-state index < -0.39 is 5.41 Å². The van der Waals surface area contributed by atoms with Crippen molar-refractivity contribution in [2.45, 2.75) is 18.8 Å². The van der Waals surface area contributed by atoms with E-state index >= 15 is 0 Å². The van der Waals surface area contributed by atoms with Crippen molar-refractivity contribution in [3.8, 4) is 17.9 Å². The lowest BCUT2D eigenvalue weighted by atomic mass is 9.81. The van der Waals surface area contributed by atoms with Crippen molar-refractivity contribution in [3.63, 3.8) is 0 Å². The number of alkyl halides is 1. The zero-order valence-electron chi connectivity index (χ0n) is 11.9. The number of rotatable bonds is 3. The van der Waals surface area contributed by atoms with Crippen LogP contribution < -0.4 is 0 Å². The van der Waals surface area contributed by atoms with Crippen molar-refractivity contribution >= 4 is 15.9 Å². The Balaban J connectivity index is 2.25. The predicted octanol–water partition coefficient (Wildman–Crippen LogP) is 4.65. The average Bonchev–Trinajstić information content (AvgIpc) is 2.57. The van der Waals surface area contributed by atoms with Crippen LogP contribution in [0.4, 0.5) is 0 Å². The van der Waals surface area contributed by atoms with Gasteiger partial charge in [0.2, 0.25) is 0 Å². The van der Waals surface area contributed by atoms with Crippen LogP contribution in [0.5, 0.6) is 0 Å². The first-order valence-electron chi connectivity index (χ1n) is 6.89. The molecule has 2 heteroatoms. The Bertz CT molecular complexity index is 680. The predicted molar refractivity (Wildman–Crippen MR) is 90.2 cm³/mol. The maximum Gasteiger partial charge on any atom is 0.0916 e. The lowest BCUT2D eigenvalue weighted by Gasteiger charge is -2.22. The summed E-state index contributed by atoms with van der Waals surface area (Å²) < 4.78 is 0. The van der Waals surface area contributed by atoms with E-state index in [0.717, 1.165) is 23.1 Å². The Labute approximate surface area is 134 Å². The Morgan fingerprint density at radius 1 is 0.952 bits per heavy atom. The molecule has 0 saturated carbocycles. The fourth-order valence-corrected chi connectivity index (χ4v) is 2.93. The molecule has 0 aliphatic carbocycles. The summed E-state index contributed by atoms with van der Waals surface area (Å²) in [5.74, 6) is 6.29. The van der Waals surface area contributed by atoms with Crippen LogP contribution >= 0.6 is 15.9 Å². The third kappa shape index (κ3) is 3.54. The van der Waals surface area contributed by atoms with Crippen LogP contribution in [-0.2, 0) is 5.41 Å². The highest BCUT2D eigenvalue weighted by Crippen LogP contribution is 2.29. The molecule has 0 aliphatic heterocycles. The van der Waals surface area contributed by atoms with Gasteiger partial charge in [0.15, 0.2) is 0 Å². The number of hydrogen-bond acceptors (Lipinski definition) is 1. The molecule has 0 bridgehead atoms. The number of benzene rings is 2. The van der Waals surface area contributed by atoms with Gasteiger partial charge in [0, 0.05) is 16.5 Å². The van der Waals surface area contributed by atoms with E-state index in [9.17, 15) is 5.26 Å². The van der Waals surface area contributed by atoms with Crippen LogP contribution in [0, 0.1) is 23.2 Å². The molecule has 2 aromatic carbocycles. The van der Waals surface area contributed by atoms with E-state index in [0.29, 0.717) is 5.33 Å². The minimum atomic E-state index is -0.453. The highest BCUT2D eigenvalue weighted by molar-refractivity contribution is 9.09. The first kappa shape index (κ1) is 15.4. The summed E-state index contributed by atoms with van der Waals surface area (Å²) >= 11 is 3.46. The Hall–Kier alpha value is -2.03. The first-order chi connectivity index (χ1) is 10.2. The zero-order chi connectivity index (χ0) is 15.1. The van der Waals surface area contributed by atoms with E-state index in [4.69, 9.17) is 0 Å². The summed E-state index contributed by atoms with van der Waals surface area (Å²) in [6, 6.07) is 20.3. The van der Waals surface area contributed by atoms with Crippen molar-refractivity contribution in [3.05, 3.63) is 71.3 Å². The highest BCUT2D eigenvalue weighted by atomic mass is 79.9. The molecule has 0 aromatic heterocycles. The molecule has 0 spiro atoms. The topological polar surface area (TPSA) is 23.8 Å². The average molecular weight is 338 g/mol. The SMILES string of the molecule is CCC(C#N)(CBr)c1ccc(C#Cc2ccccc2)cc1. The monoisotopic (exact) mass is 337 g/mol. The van der Waals surface area contributed by atoms with Gasteiger partial charge in [-0.2, -0.15) is 5.26 Å². The van der Waals surface area contributed by atoms with Crippen molar-refractivity contribution in [2.75, 3.05) is 5.33 Å². The lowest BCUT2D eigenvalue weighted by Crippen LogP contribution is -2.24. The maximum absolute atomic E-state index is 9.44. The van der Waals surface area contributed by atoms with E-state index in [1.807, 2.05) is 61.5 Å². The molecule has 2 rings (SSSR count). The molecule has 0 aliphatic rings. The van der Waals surface area contributed by atoms with Gasteiger partial charge in [0.1, 0.15) is 0 Å². The van der Waals surface area contributed by atoms with E-state index in [1.54, 1.807) is 0 Å². The molecular formula is C19H16BrN. The molecule has 0 radical (unpaired) electrons. The fraction of sp³-hybridized carbons (Fsp3) is 0.211. The number of nitrogens with zero attached hydrogens (tertiary/aromatic N) is 1. The quantitative estimate of drug-likeness (QED) is 0.590. The standard InChI is InChI=1S/C19H16BrN/c1-2-19(14-20,15-21)18-12-10-17(11-13-18)9-8-16-6-4-3-5-7-16/h3-7,10-13H,2,14H2,1H3. The van der Waals surface area contributed by atoms with E-state index in [-0.39, 0.29) is 0 Å². The van der Waals surface area contributed by atoms with Gasteiger partial charge < -0.3 is 0 Å². The van der Waals surface area contributed by atoms with Gasteiger partial charge in [-0.25, -0.2) is 0 Å². The summed E-state index contributed by atoms with van der Waals surface area (Å²) in [7, 11) is 0. The minimum absolute atomic E-state index is 0.453. The minimum Gasteiger partial charge on any atom is -0.197 e. The largest absolute Gasteiger partial charge is 0.197 e. The first-order valence-corrected chi connectivity index (χ1v) is 8.01. The number of nitriles is 1. The smallest absolute Gasteiger partial charge is 0.0916 e. The summed E-state index contributed by atoms with van der Waals surface area (Å²) in [6.07, 6.45) is 0.782. The van der Waals surface area contributed by atoms with Crippen LogP contribution in [-0.4, -0.2) is 5.33 Å². The van der Waals surface area contributed by atoms with Crippen molar-refractivity contribution in [2.24, 2.45) is 0 Å². The van der Waals surface area contributed by atoms with Gasteiger partial charge in [-0.05, 0) is 36.2 Å².